The van der Waals surface area contributed by atoms with Crippen molar-refractivity contribution < 1.29 is 54.5 Å². The SMILES string of the molecule is [O-2].[O-2].[O]=[Ru+].[Ti+4]. The summed E-state index contributed by atoms with van der Waals surface area (Å²) in [6, 6.07) is 0. The minimum atomic E-state index is 0. The maximum absolute atomic E-state index is 8.18. The van der Waals surface area contributed by atoms with Gasteiger partial charge in [-0.15, -0.1) is 0 Å². The van der Waals surface area contributed by atoms with Crippen LogP contribution in [0.3, 0.4) is 0 Å². The minimum absolute atomic E-state index is 0. The van der Waals surface area contributed by atoms with E-state index < -0.39 is 0 Å². The molecule has 3 nitrogen and oxygen atoms in total. The summed E-state index contributed by atoms with van der Waals surface area (Å²) >= 11 is 1.10. The van der Waals surface area contributed by atoms with Crippen LogP contribution in [-0.4, -0.2) is 0 Å². The second-order valence-corrected chi connectivity index (χ2v) is 0. The Morgan fingerprint density at radius 3 is 1.00 bits per heavy atom. The number of rotatable bonds is 0. The molecule has 0 aromatic heterocycles. The van der Waals surface area contributed by atoms with Gasteiger partial charge in [-0.2, -0.15) is 0 Å². The maximum atomic E-state index is 8.18. The van der Waals surface area contributed by atoms with Crippen molar-refractivity contribution in [1.29, 1.82) is 0 Å². The molecule has 0 aliphatic carbocycles. The van der Waals surface area contributed by atoms with Crippen LogP contribution in [0.15, 0.2) is 0 Å². The quantitative estimate of drug-likeness (QED) is 0.488. The molecule has 0 aliphatic rings. The Hall–Kier alpha value is 1.06. The predicted molar refractivity (Wildman–Crippen MR) is 2.06 cm³/mol. The molecule has 5 heavy (non-hydrogen) atoms. The van der Waals surface area contributed by atoms with E-state index in [4.69, 9.17) is 3.57 Å². The summed E-state index contributed by atoms with van der Waals surface area (Å²) in [7, 11) is 0. The first-order valence-corrected chi connectivity index (χ1v) is 0.854. The van der Waals surface area contributed by atoms with Gasteiger partial charge in [-0.3, -0.25) is 0 Å². The molecule has 0 bridgehead atoms. The van der Waals surface area contributed by atoms with Gasteiger partial charge in [-0.05, 0) is 0 Å². The minimum Gasteiger partial charge on any atom is 4.00 e. The van der Waals surface area contributed by atoms with Gasteiger partial charge in [0.2, 0.25) is 0 Å². The van der Waals surface area contributed by atoms with Crippen molar-refractivity contribution in [3.8, 4) is 0 Å². The van der Waals surface area contributed by atoms with Crippen LogP contribution in [0.5, 0.6) is 0 Å². The maximum Gasteiger partial charge on any atom is 4.00 e. The summed E-state index contributed by atoms with van der Waals surface area (Å²) in [5.74, 6) is 0. The zero-order chi connectivity index (χ0) is 2.00. The average Bonchev–Trinajstić information content (AvgIpc) is 1.00. The Labute approximate surface area is 54.6 Å². The van der Waals surface area contributed by atoms with Crippen molar-refractivity contribution in [1.82, 2.24) is 0 Å². The summed E-state index contributed by atoms with van der Waals surface area (Å²) in [5, 5.41) is 0. The third-order valence-corrected chi connectivity index (χ3v) is 0. The zero-order valence-corrected chi connectivity index (χ0v) is 5.38. The van der Waals surface area contributed by atoms with Crippen LogP contribution in [-0.2, 0) is 54.5 Å². The van der Waals surface area contributed by atoms with Gasteiger partial charge in [0.25, 0.3) is 0 Å². The molecule has 0 N–H and O–H groups in total. The fourth-order valence-electron chi connectivity index (χ4n) is 0. The van der Waals surface area contributed by atoms with Crippen molar-refractivity contribution in [2.75, 3.05) is 0 Å². The Balaban J connectivity index is -0.00000000167. The topological polar surface area (TPSA) is 74.1 Å². The van der Waals surface area contributed by atoms with Crippen LogP contribution in [0.2, 0.25) is 0 Å². The van der Waals surface area contributed by atoms with Gasteiger partial charge < -0.3 is 11.0 Å². The van der Waals surface area contributed by atoms with Gasteiger partial charge in [0.05, 0.1) is 0 Å². The molecule has 0 aliphatic heterocycles. The second kappa shape index (κ2) is 74.4. The Kier molecular flexibility index (Phi) is 545. The Morgan fingerprint density at radius 2 is 1.00 bits per heavy atom. The molecule has 0 saturated heterocycles. The molecule has 0 spiro atoms. The molecule has 0 atom stereocenters. The van der Waals surface area contributed by atoms with Crippen LogP contribution in [0, 0.1) is 0 Å². The summed E-state index contributed by atoms with van der Waals surface area (Å²) in [4.78, 5) is 0. The van der Waals surface area contributed by atoms with E-state index in [0.29, 0.717) is 0 Å². The molecule has 0 fully saturated rings. The van der Waals surface area contributed by atoms with Crippen LogP contribution in [0.1, 0.15) is 0 Å². The van der Waals surface area contributed by atoms with Gasteiger partial charge in [-0.1, -0.05) is 0 Å². The molecule has 0 unspecified atom stereocenters. The standard InChI is InChI=1S/3O.Ru.Ti/q;2*-2;+1;+4. The van der Waals surface area contributed by atoms with Crippen molar-refractivity contribution in [2.45, 2.75) is 0 Å². The van der Waals surface area contributed by atoms with Gasteiger partial charge in [0, 0.05) is 0 Å². The third-order valence-electron chi connectivity index (χ3n) is 0. The Bertz CT molecular complexity index is 6.85. The summed E-state index contributed by atoms with van der Waals surface area (Å²) in [5.41, 5.74) is 0. The number of hydrogen-bond acceptors (Lipinski definition) is 1. The summed E-state index contributed by atoms with van der Waals surface area (Å²) in [6.45, 7) is 0. The fraction of sp³-hybridized carbons (Fsp3) is 0. The first-order valence-electron chi connectivity index (χ1n) is 0.144. The van der Waals surface area contributed by atoms with Crippen molar-refractivity contribution >= 4 is 0 Å². The third kappa shape index (κ3) is 42.3. The predicted octanol–water partition coefficient (Wildman–Crippen LogP) is -0.361. The van der Waals surface area contributed by atoms with Gasteiger partial charge in [0.15, 0.2) is 0 Å². The fourth-order valence-corrected chi connectivity index (χ4v) is 0. The summed E-state index contributed by atoms with van der Waals surface area (Å²) < 4.78 is 8.18. The van der Waals surface area contributed by atoms with E-state index in [-0.39, 0.29) is 32.7 Å². The molecule has 0 saturated carbocycles. The van der Waals surface area contributed by atoms with E-state index in [2.05, 4.69) is 0 Å². The van der Waals surface area contributed by atoms with Gasteiger partial charge >= 0.3 is 43.5 Å². The van der Waals surface area contributed by atoms with E-state index in [1.165, 1.54) is 0 Å². The van der Waals surface area contributed by atoms with Crippen LogP contribution in [0.4, 0.5) is 0 Å². The molecule has 0 radical (unpaired) electrons. The largest absolute Gasteiger partial charge is 4.00 e. The summed E-state index contributed by atoms with van der Waals surface area (Å²) in [6.07, 6.45) is 0. The van der Waals surface area contributed by atoms with Crippen molar-refractivity contribution in [3.63, 3.8) is 0 Å². The molecule has 0 rings (SSSR count). The monoisotopic (exact) mass is 198 g/mol. The molecular weight excluding hydrogens is 197 g/mol. The smallest absolute Gasteiger partial charge is 4.00 e. The Morgan fingerprint density at radius 1 is 1.00 bits per heavy atom. The first kappa shape index (κ1) is 36.6. The normalized spacial score (nSPS) is 0.800. The molecule has 0 heterocycles. The van der Waals surface area contributed by atoms with Crippen LogP contribution < -0.4 is 0 Å². The molecular formula is O3RuTi+. The van der Waals surface area contributed by atoms with Crippen LogP contribution in [0.25, 0.3) is 0 Å². The van der Waals surface area contributed by atoms with Crippen molar-refractivity contribution in [3.05, 3.63) is 0 Å². The zero-order valence-electron chi connectivity index (χ0n) is 2.08. The number of hydrogen-bond donors (Lipinski definition) is 0. The van der Waals surface area contributed by atoms with Gasteiger partial charge in [-0.25, -0.2) is 0 Å². The van der Waals surface area contributed by atoms with E-state index >= 15 is 0 Å². The average molecular weight is 197 g/mol. The van der Waals surface area contributed by atoms with E-state index in [1.54, 1.807) is 0 Å². The van der Waals surface area contributed by atoms with Gasteiger partial charge in [0.1, 0.15) is 0 Å². The first-order chi connectivity index (χ1) is 1.00. The van der Waals surface area contributed by atoms with Crippen molar-refractivity contribution in [2.24, 2.45) is 0 Å². The molecule has 29 valence electrons. The second-order valence-electron chi connectivity index (χ2n) is 0. The molecule has 0 amide bonds. The van der Waals surface area contributed by atoms with E-state index in [1.807, 2.05) is 0 Å². The molecule has 0 aromatic carbocycles. The molecule has 0 aromatic rings. The van der Waals surface area contributed by atoms with E-state index in [0.717, 1.165) is 18.3 Å². The van der Waals surface area contributed by atoms with E-state index in [9.17, 15) is 0 Å². The van der Waals surface area contributed by atoms with Crippen LogP contribution >= 0.6 is 0 Å². The molecule has 5 heteroatoms.